The molecule has 1 aromatic carbocycles. The van der Waals surface area contributed by atoms with E-state index in [0.29, 0.717) is 39.3 Å². The van der Waals surface area contributed by atoms with Gasteiger partial charge in [-0.1, -0.05) is 53.6 Å². The number of carbonyl (C=O) groups is 7. The number of primary amides is 6. The molecule has 29 heteroatoms. The molecule has 27 nitrogen and oxygen atoms in total. The summed E-state index contributed by atoms with van der Waals surface area (Å²) in [5.74, 6) is -6.86. The number of nitrogens with one attached hydrogen (secondary N) is 1. The van der Waals surface area contributed by atoms with Gasteiger partial charge in [0.2, 0.25) is 41.4 Å². The van der Waals surface area contributed by atoms with E-state index in [2.05, 4.69) is 10.3 Å². The second-order valence-corrected chi connectivity index (χ2v) is 28.9. The van der Waals surface area contributed by atoms with Gasteiger partial charge in [-0.05, 0) is 129 Å². The van der Waals surface area contributed by atoms with Crippen molar-refractivity contribution in [3.05, 3.63) is 85.2 Å². The first-order valence-electron chi connectivity index (χ1n) is 30.9. The zero-order chi connectivity index (χ0) is 66.7. The van der Waals surface area contributed by atoms with Crippen molar-refractivity contribution in [3.63, 3.8) is 0 Å². The Kier molecular flexibility index (Phi) is 21.7. The molecule has 0 saturated carbocycles. The van der Waals surface area contributed by atoms with Crippen molar-refractivity contribution in [1.82, 2.24) is 14.9 Å². The maximum absolute atomic E-state index is 14.4. The normalized spacial score (nSPS) is 36.3. The fourth-order valence-electron chi connectivity index (χ4n) is 16.1. The van der Waals surface area contributed by atoms with Gasteiger partial charge in [0.25, 0.3) is 0 Å². The summed E-state index contributed by atoms with van der Waals surface area (Å²) in [6, 6.07) is 0.417. The molecule has 91 heavy (non-hydrogen) atoms. The average molecular weight is 1330 g/mol. The third kappa shape index (κ3) is 14.0. The smallest absolute Gasteiger partial charge is 0.472 e. The van der Waals surface area contributed by atoms with Crippen LogP contribution >= 0.6 is 7.82 Å². The molecule has 5 fully saturated rings. The molecule has 0 aliphatic carbocycles. The number of aryl methyl sites for hydroxylation is 2. The van der Waals surface area contributed by atoms with Crippen molar-refractivity contribution in [2.75, 3.05) is 13.2 Å². The largest absolute Gasteiger partial charge is 0.685 e. The SMILES string of the molecule is C/C1=C2/[N-][C@H]([C@H](CC(N)=O)[C@@]2(C)CCC(=O)NC[C@@H](C)OP(=O)(O)O[C@H]2[C@@H](O)[C@@H](n3cnc4cc(C)c(C)cc43)O[C@@H]2CO)[C@]2(C)[N-]C(/C(C)=C3\[N-]C(/C=C4\[N-]C1[C@@H](CCC(N)=O)C4(C)C)[C@@H](CCC(N)=O)[C@]3(C)CC(N)=O)[C@@H](CCC(N)=O)[C@]2(C)CC(N)=O.[Co]. The summed E-state index contributed by atoms with van der Waals surface area (Å²) in [5.41, 5.74) is 36.2. The second kappa shape index (κ2) is 27.2. The van der Waals surface area contributed by atoms with Gasteiger partial charge < -0.3 is 85.4 Å². The molecule has 1 aromatic heterocycles. The van der Waals surface area contributed by atoms with E-state index < -0.39 is 161 Å². The topological polar surface area (TPSA) is 467 Å². The van der Waals surface area contributed by atoms with E-state index in [9.17, 15) is 53.2 Å². The molecule has 1 radical (unpaired) electrons. The molecule has 5 saturated heterocycles. The Balaban J connectivity index is 0.0000118. The minimum absolute atomic E-state index is 0. The van der Waals surface area contributed by atoms with E-state index in [4.69, 9.17) is 69.5 Å². The van der Waals surface area contributed by atoms with Crippen LogP contribution in [-0.4, -0.2) is 133 Å². The second-order valence-electron chi connectivity index (χ2n) is 27.5. The zero-order valence-corrected chi connectivity index (χ0v) is 55.7. The van der Waals surface area contributed by atoms with Gasteiger partial charge >= 0.3 is 7.82 Å². The van der Waals surface area contributed by atoms with Crippen LogP contribution in [0.15, 0.2) is 52.8 Å². The van der Waals surface area contributed by atoms with Gasteiger partial charge in [0.1, 0.15) is 18.3 Å². The van der Waals surface area contributed by atoms with Crippen molar-refractivity contribution in [2.24, 2.45) is 79.7 Å². The van der Waals surface area contributed by atoms with E-state index in [0.717, 1.165) is 11.1 Å². The van der Waals surface area contributed by atoms with Crippen LogP contribution in [0.1, 0.15) is 150 Å². The third-order valence-electron chi connectivity index (χ3n) is 21.2. The van der Waals surface area contributed by atoms with Crippen LogP contribution in [0.3, 0.4) is 0 Å². The van der Waals surface area contributed by atoms with E-state index in [1.165, 1.54) is 13.3 Å². The summed E-state index contributed by atoms with van der Waals surface area (Å²) in [6.07, 6.45) is -3.96. The van der Waals surface area contributed by atoms with Crippen LogP contribution in [0.4, 0.5) is 0 Å². The molecule has 8 rings (SSSR count). The predicted octanol–water partition coefficient (Wildman–Crippen LogP) is 4.85. The van der Waals surface area contributed by atoms with Gasteiger partial charge in [-0.2, -0.15) is 17.1 Å². The van der Waals surface area contributed by atoms with Gasteiger partial charge in [-0.3, -0.25) is 42.6 Å². The van der Waals surface area contributed by atoms with Crippen LogP contribution in [0.2, 0.25) is 0 Å². The Morgan fingerprint density at radius 2 is 1.32 bits per heavy atom. The number of rotatable bonds is 26. The number of imidazole rings is 1. The maximum atomic E-state index is 14.4. The molecule has 507 valence electrons. The average Bonchev–Trinajstić information content (AvgIpc) is 1.53. The van der Waals surface area contributed by atoms with E-state index in [1.807, 2.05) is 87.4 Å². The van der Waals surface area contributed by atoms with Gasteiger partial charge in [0.05, 0.1) is 30.1 Å². The molecule has 16 N–H and O–H groups in total. The molecule has 7 heterocycles. The number of aliphatic hydroxyl groups excluding tert-OH is 2. The van der Waals surface area contributed by atoms with Crippen LogP contribution in [0.5, 0.6) is 0 Å². The van der Waals surface area contributed by atoms with Gasteiger partial charge in [0.15, 0.2) is 6.23 Å². The monoisotopic (exact) mass is 1330 g/mol. The molecule has 6 aliphatic rings. The first kappa shape index (κ1) is 72.5. The molecule has 8 bridgehead atoms. The summed E-state index contributed by atoms with van der Waals surface area (Å²) in [7, 11) is -5.06. The Hall–Kier alpha value is -5.94. The van der Waals surface area contributed by atoms with E-state index in [-0.39, 0.29) is 94.0 Å². The molecular formula is C62H92CoN13O14P-4. The fraction of sp³-hybridized carbons (Fsp3) is 0.677. The van der Waals surface area contributed by atoms with Crippen LogP contribution in [0.25, 0.3) is 32.3 Å². The quantitative estimate of drug-likeness (QED) is 0.0563. The number of carbonyl (C=O) groups excluding carboxylic acids is 7. The van der Waals surface area contributed by atoms with E-state index >= 15 is 0 Å². The number of hydrogen-bond donors (Lipinski definition) is 10. The molecule has 4 unspecified atom stereocenters. The Morgan fingerprint density at radius 1 is 0.747 bits per heavy atom. The number of benzene rings is 1. The first-order valence-corrected chi connectivity index (χ1v) is 32.4. The van der Waals surface area contributed by atoms with Crippen LogP contribution in [-0.2, 0) is 68.7 Å². The molecule has 18 atom stereocenters. The number of nitrogens with zero attached hydrogens (tertiary/aromatic N) is 6. The van der Waals surface area contributed by atoms with Gasteiger partial charge in [-0.25, -0.2) is 9.55 Å². The number of aromatic nitrogens is 2. The molecule has 6 aliphatic heterocycles. The number of nitrogens with two attached hydrogens (primary N) is 6. The molecule has 2 aromatic rings. The Bertz CT molecular complexity index is 3340. The van der Waals surface area contributed by atoms with Crippen molar-refractivity contribution in [1.29, 1.82) is 0 Å². The molecule has 0 spiro atoms. The van der Waals surface area contributed by atoms with Gasteiger partial charge in [0, 0.05) is 68.3 Å². The number of allylic oxidation sites excluding steroid dienone is 3. The Labute approximate surface area is 541 Å². The number of phosphoric ester groups is 1. The summed E-state index contributed by atoms with van der Waals surface area (Å²) >= 11 is 0. The number of fused-ring (bicyclic) bond motifs is 10. The minimum atomic E-state index is -5.06. The minimum Gasteiger partial charge on any atom is -0.685 e. The summed E-state index contributed by atoms with van der Waals surface area (Å²) in [5, 5.41) is 46.9. The Morgan fingerprint density at radius 3 is 1.90 bits per heavy atom. The molecule has 7 amide bonds. The number of phosphoric acid groups is 1. The number of hydrogen-bond acceptors (Lipinski definition) is 14. The van der Waals surface area contributed by atoms with Gasteiger partial charge in [-0.15, -0.1) is 34.8 Å². The number of ether oxygens (including phenoxy) is 1. The van der Waals surface area contributed by atoms with Crippen molar-refractivity contribution < 1.29 is 83.8 Å². The summed E-state index contributed by atoms with van der Waals surface area (Å²) < 4.78 is 32.3. The van der Waals surface area contributed by atoms with Crippen molar-refractivity contribution in [2.45, 2.75) is 207 Å². The fourth-order valence-corrected chi connectivity index (χ4v) is 17.3. The van der Waals surface area contributed by atoms with Crippen molar-refractivity contribution >= 4 is 60.2 Å². The van der Waals surface area contributed by atoms with Crippen molar-refractivity contribution in [3.8, 4) is 0 Å². The maximum Gasteiger partial charge on any atom is 0.472 e. The van der Waals surface area contributed by atoms with E-state index in [1.54, 1.807) is 4.57 Å². The zero-order valence-electron chi connectivity index (χ0n) is 53.8. The number of aliphatic hydroxyl groups is 2. The molecular weight excluding hydrogens is 1240 g/mol. The third-order valence-corrected chi connectivity index (χ3v) is 22.3. The number of amides is 7. The summed E-state index contributed by atoms with van der Waals surface area (Å²) in [6.45, 7) is 19.5. The predicted molar refractivity (Wildman–Crippen MR) is 333 cm³/mol. The standard InChI is InChI=1S/C62H92N13O14P.Co/c1-29-20-39-40(21-30(29)2)75(28-70-39)57-52(84)53(41(27-76)87-57)89-90(85,86)88-31(3)26-69-49(83)18-19-59(8)37(22-46(66)80)56-62(11)61(10,25-48(68)82)36(14-17-45(65)79)51(74-62)33(5)55-60(9,24-47(67)81)34(12-15-43(63)77)38(71-55)23-42-58(6,7)35(13-16-44(64)78)50(72-42)32(4)54(59)73-56;/h20-21,23,28,31,34-38,41,50-53,56-57,76,84H,12-19,22,24-27H2,1-11H3,(H2,63,77)(H2,64,78)(H2,65,79)(H2,66,80)(H2,67,81)(H2,68,82)(H,69,83)(H,85,86);/q-4;/b42-23-,54-32-,55-33-;/t31-,34-,35-,36-,37+,38?,41-,50?,51?,52-,53-,56-,57+,59-,60+,61+,62+;/m1./s1. The van der Waals surface area contributed by atoms with Crippen LogP contribution < -0.4 is 39.7 Å². The first-order chi connectivity index (χ1) is 41.8. The van der Waals surface area contributed by atoms with Crippen LogP contribution in [0, 0.1) is 59.2 Å². The summed E-state index contributed by atoms with van der Waals surface area (Å²) in [4.78, 5) is 109.